The van der Waals surface area contributed by atoms with Crippen LogP contribution >= 0.6 is 0 Å². The zero-order chi connectivity index (χ0) is 17.7. The third-order valence-corrected chi connectivity index (χ3v) is 5.39. The van der Waals surface area contributed by atoms with Gasteiger partial charge in [-0.3, -0.25) is 0 Å². The van der Waals surface area contributed by atoms with Crippen LogP contribution in [0.2, 0.25) is 0 Å². The average molecular weight is 348 g/mol. The summed E-state index contributed by atoms with van der Waals surface area (Å²) in [6.07, 6.45) is -0.614. The van der Waals surface area contributed by atoms with Gasteiger partial charge in [-0.1, -0.05) is 42.0 Å². The van der Waals surface area contributed by atoms with Crippen molar-refractivity contribution in [2.24, 2.45) is 0 Å². The predicted molar refractivity (Wildman–Crippen MR) is 95.2 cm³/mol. The number of aryl methyl sites for hydroxylation is 1. The predicted octanol–water partition coefficient (Wildman–Crippen LogP) is 2.29. The van der Waals surface area contributed by atoms with E-state index in [-0.39, 0.29) is 10.9 Å². The monoisotopic (exact) mass is 348 g/mol. The van der Waals surface area contributed by atoms with Crippen molar-refractivity contribution < 1.29 is 13.5 Å². The highest BCUT2D eigenvalue weighted by Crippen LogP contribution is 2.19. The number of nitrogens with one attached hydrogen (secondary N) is 2. The molecule has 6 heteroatoms. The van der Waals surface area contributed by atoms with Gasteiger partial charge >= 0.3 is 0 Å². The zero-order valence-electron chi connectivity index (χ0n) is 14.2. The van der Waals surface area contributed by atoms with Crippen molar-refractivity contribution in [1.29, 1.82) is 0 Å². The fourth-order valence-corrected chi connectivity index (χ4v) is 3.26. The van der Waals surface area contributed by atoms with Crippen molar-refractivity contribution in [3.63, 3.8) is 0 Å². The van der Waals surface area contributed by atoms with Gasteiger partial charge in [-0.25, -0.2) is 13.1 Å². The van der Waals surface area contributed by atoms with Crippen molar-refractivity contribution in [2.75, 3.05) is 13.6 Å². The Kier molecular flexibility index (Phi) is 6.12. The van der Waals surface area contributed by atoms with Gasteiger partial charge in [0.25, 0.3) is 0 Å². The van der Waals surface area contributed by atoms with Crippen molar-refractivity contribution >= 4 is 10.0 Å². The molecule has 0 heterocycles. The number of aliphatic hydroxyl groups is 1. The minimum Gasteiger partial charge on any atom is -0.387 e. The molecule has 0 amide bonds. The van der Waals surface area contributed by atoms with Gasteiger partial charge in [-0.15, -0.1) is 0 Å². The van der Waals surface area contributed by atoms with Crippen LogP contribution < -0.4 is 10.0 Å². The van der Waals surface area contributed by atoms with Crippen LogP contribution in [0.25, 0.3) is 0 Å². The molecule has 0 aliphatic rings. The largest absolute Gasteiger partial charge is 0.387 e. The second-order valence-corrected chi connectivity index (χ2v) is 7.73. The number of sulfonamides is 1. The van der Waals surface area contributed by atoms with Gasteiger partial charge in [0.05, 0.1) is 11.0 Å². The molecule has 2 rings (SSSR count). The van der Waals surface area contributed by atoms with E-state index in [4.69, 9.17) is 0 Å². The van der Waals surface area contributed by atoms with Gasteiger partial charge in [0.15, 0.2) is 0 Å². The minimum atomic E-state index is -3.46. The average Bonchev–Trinajstić information content (AvgIpc) is 2.59. The van der Waals surface area contributed by atoms with E-state index in [1.807, 2.05) is 44.2 Å². The SMILES string of the molecule is CNS(=O)(=O)c1cccc([C@H](C)NC[C@@H](O)c2cccc(C)c2)c1. The summed E-state index contributed by atoms with van der Waals surface area (Å²) in [6, 6.07) is 14.5. The molecule has 0 spiro atoms. The number of hydrogen-bond acceptors (Lipinski definition) is 4. The summed E-state index contributed by atoms with van der Waals surface area (Å²) in [5.41, 5.74) is 2.81. The normalized spacial score (nSPS) is 14.3. The molecule has 5 nitrogen and oxygen atoms in total. The van der Waals surface area contributed by atoms with Crippen molar-refractivity contribution in [3.8, 4) is 0 Å². The van der Waals surface area contributed by atoms with Gasteiger partial charge in [0.1, 0.15) is 0 Å². The van der Waals surface area contributed by atoms with Crippen LogP contribution in [0.15, 0.2) is 53.4 Å². The molecule has 2 aromatic rings. The summed E-state index contributed by atoms with van der Waals surface area (Å²) in [7, 11) is -2.07. The number of aliphatic hydroxyl groups excluding tert-OH is 1. The third kappa shape index (κ3) is 4.64. The van der Waals surface area contributed by atoms with E-state index in [0.29, 0.717) is 6.54 Å². The Bertz CT molecular complexity index is 790. The van der Waals surface area contributed by atoms with Gasteiger partial charge in [0.2, 0.25) is 10.0 Å². The van der Waals surface area contributed by atoms with Gasteiger partial charge in [-0.2, -0.15) is 0 Å². The third-order valence-electron chi connectivity index (χ3n) is 3.98. The molecule has 0 aliphatic carbocycles. The quantitative estimate of drug-likeness (QED) is 0.717. The van der Waals surface area contributed by atoms with Crippen LogP contribution in [0, 0.1) is 6.92 Å². The summed E-state index contributed by atoms with van der Waals surface area (Å²) in [5.74, 6) is 0. The molecule has 24 heavy (non-hydrogen) atoms. The van der Waals surface area contributed by atoms with Crippen LogP contribution in [0.4, 0.5) is 0 Å². The van der Waals surface area contributed by atoms with Crippen molar-refractivity contribution in [2.45, 2.75) is 30.9 Å². The van der Waals surface area contributed by atoms with E-state index in [0.717, 1.165) is 16.7 Å². The van der Waals surface area contributed by atoms with Crippen molar-refractivity contribution in [1.82, 2.24) is 10.0 Å². The smallest absolute Gasteiger partial charge is 0.240 e. The standard InChI is InChI=1S/C18H24N2O3S/c1-13-6-4-8-16(10-13)18(21)12-20-14(2)15-7-5-9-17(11-15)24(22,23)19-3/h4-11,14,18-21H,12H2,1-3H3/t14-,18+/m0/s1. The lowest BCUT2D eigenvalue weighted by Crippen LogP contribution is -2.25. The molecule has 130 valence electrons. The van der Waals surface area contributed by atoms with Crippen LogP contribution in [0.3, 0.4) is 0 Å². The Balaban J connectivity index is 2.05. The van der Waals surface area contributed by atoms with Crippen LogP contribution in [0.1, 0.15) is 35.8 Å². The van der Waals surface area contributed by atoms with Crippen molar-refractivity contribution in [3.05, 3.63) is 65.2 Å². The summed E-state index contributed by atoms with van der Waals surface area (Å²) in [4.78, 5) is 0.232. The Labute approximate surface area is 143 Å². The van der Waals surface area contributed by atoms with E-state index in [1.54, 1.807) is 18.2 Å². The zero-order valence-corrected chi connectivity index (χ0v) is 15.0. The molecule has 2 aromatic carbocycles. The molecule has 0 fully saturated rings. The molecule has 0 saturated carbocycles. The number of benzene rings is 2. The van der Waals surface area contributed by atoms with Gasteiger partial charge in [0, 0.05) is 12.6 Å². The Morgan fingerprint density at radius 3 is 2.42 bits per heavy atom. The molecular weight excluding hydrogens is 324 g/mol. The number of hydrogen-bond donors (Lipinski definition) is 3. The molecule has 3 N–H and O–H groups in total. The molecule has 0 aliphatic heterocycles. The maximum absolute atomic E-state index is 11.9. The fourth-order valence-electron chi connectivity index (χ4n) is 2.47. The minimum absolute atomic E-state index is 0.0866. The lowest BCUT2D eigenvalue weighted by atomic mass is 10.1. The highest BCUT2D eigenvalue weighted by Gasteiger charge is 2.15. The Morgan fingerprint density at radius 2 is 1.75 bits per heavy atom. The lowest BCUT2D eigenvalue weighted by molar-refractivity contribution is 0.170. The first kappa shape index (κ1) is 18.6. The fraction of sp³-hybridized carbons (Fsp3) is 0.333. The molecule has 0 aromatic heterocycles. The first-order valence-electron chi connectivity index (χ1n) is 7.85. The van der Waals surface area contributed by atoms with Crippen LogP contribution in [0.5, 0.6) is 0 Å². The van der Waals surface area contributed by atoms with Gasteiger partial charge < -0.3 is 10.4 Å². The van der Waals surface area contributed by atoms with E-state index >= 15 is 0 Å². The topological polar surface area (TPSA) is 78.4 Å². The number of rotatable bonds is 7. The Morgan fingerprint density at radius 1 is 1.08 bits per heavy atom. The molecule has 2 atom stereocenters. The maximum Gasteiger partial charge on any atom is 0.240 e. The molecule has 0 bridgehead atoms. The highest BCUT2D eigenvalue weighted by atomic mass is 32.2. The summed E-state index contributed by atoms with van der Waals surface area (Å²) >= 11 is 0. The van der Waals surface area contributed by atoms with E-state index < -0.39 is 16.1 Å². The summed E-state index contributed by atoms with van der Waals surface area (Å²) in [5, 5.41) is 13.5. The highest BCUT2D eigenvalue weighted by molar-refractivity contribution is 7.89. The maximum atomic E-state index is 11.9. The van der Waals surface area contributed by atoms with Gasteiger partial charge in [-0.05, 0) is 44.2 Å². The van der Waals surface area contributed by atoms with Crippen LogP contribution in [-0.2, 0) is 10.0 Å². The first-order valence-corrected chi connectivity index (χ1v) is 9.33. The molecular formula is C18H24N2O3S. The first-order chi connectivity index (χ1) is 11.3. The summed E-state index contributed by atoms with van der Waals surface area (Å²) in [6.45, 7) is 4.31. The van der Waals surface area contributed by atoms with Crippen LogP contribution in [-0.4, -0.2) is 27.1 Å². The molecule has 0 radical (unpaired) electrons. The molecule has 0 saturated heterocycles. The second-order valence-electron chi connectivity index (χ2n) is 5.84. The molecule has 0 unspecified atom stereocenters. The summed E-state index contributed by atoms with van der Waals surface area (Å²) < 4.78 is 26.1. The van der Waals surface area contributed by atoms with E-state index in [2.05, 4.69) is 10.0 Å². The second kappa shape index (κ2) is 7.90. The van der Waals surface area contributed by atoms with E-state index in [1.165, 1.54) is 7.05 Å². The Hall–Kier alpha value is -1.73. The van der Waals surface area contributed by atoms with E-state index in [9.17, 15) is 13.5 Å². The lowest BCUT2D eigenvalue weighted by Gasteiger charge is -2.18.